The Morgan fingerprint density at radius 2 is 1.70 bits per heavy atom. The van der Waals surface area contributed by atoms with Gasteiger partial charge in [0.15, 0.2) is 5.82 Å². The number of fused-ring (bicyclic) bond motifs is 1. The van der Waals surface area contributed by atoms with Crippen LogP contribution in [0.3, 0.4) is 0 Å². The van der Waals surface area contributed by atoms with Crippen molar-refractivity contribution in [3.8, 4) is 33.8 Å². The molecule has 0 radical (unpaired) electrons. The Bertz CT molecular complexity index is 2240. The summed E-state index contributed by atoms with van der Waals surface area (Å²) in [7, 11) is 0.379. The number of methoxy groups -OCH3 is 2. The highest BCUT2D eigenvalue weighted by molar-refractivity contribution is 7.92. The van der Waals surface area contributed by atoms with Gasteiger partial charge in [0.2, 0.25) is 0 Å². The van der Waals surface area contributed by atoms with E-state index < -0.39 is 21.4 Å². The summed E-state index contributed by atoms with van der Waals surface area (Å²) >= 11 is 6.72. The predicted octanol–water partition coefficient (Wildman–Crippen LogP) is 7.07. The number of nitrogens with zero attached hydrogens (tertiary/aromatic N) is 3. The molecule has 0 saturated heterocycles. The number of benzene rings is 4. The second-order valence-electron chi connectivity index (χ2n) is 10.4. The van der Waals surface area contributed by atoms with Gasteiger partial charge in [-0.2, -0.15) is 0 Å². The van der Waals surface area contributed by atoms with Gasteiger partial charge in [0, 0.05) is 46.4 Å². The fourth-order valence-corrected chi connectivity index (χ4v) is 6.97. The maximum Gasteiger partial charge on any atom is 0.265 e. The van der Waals surface area contributed by atoms with E-state index in [0.29, 0.717) is 49.7 Å². The van der Waals surface area contributed by atoms with E-state index in [1.54, 1.807) is 75.0 Å². The monoisotopic (exact) mass is 659 g/mol. The molecule has 2 aromatic heterocycles. The summed E-state index contributed by atoms with van der Waals surface area (Å²) in [6.45, 7) is -0.0533. The minimum absolute atomic E-state index is 0.0533. The predicted molar refractivity (Wildman–Crippen MR) is 174 cm³/mol. The van der Waals surface area contributed by atoms with Crippen molar-refractivity contribution in [1.29, 1.82) is 0 Å². The summed E-state index contributed by atoms with van der Waals surface area (Å²) < 4.78 is 60.7. The van der Waals surface area contributed by atoms with E-state index in [9.17, 15) is 17.6 Å². The van der Waals surface area contributed by atoms with E-state index >= 15 is 0 Å². The van der Waals surface area contributed by atoms with Gasteiger partial charge in [0.25, 0.3) is 15.6 Å². The fourth-order valence-electron chi connectivity index (χ4n) is 5.28. The van der Waals surface area contributed by atoms with Crippen molar-refractivity contribution < 1.29 is 26.8 Å². The number of anilines is 1. The third-order valence-corrected chi connectivity index (χ3v) is 9.68. The van der Waals surface area contributed by atoms with Gasteiger partial charge >= 0.3 is 0 Å². The quantitative estimate of drug-likeness (QED) is 0.164. The molecule has 0 amide bonds. The normalized spacial score (nSPS) is 11.5. The topological polar surface area (TPSA) is 104 Å². The highest BCUT2D eigenvalue weighted by atomic mass is 35.5. The van der Waals surface area contributed by atoms with Crippen molar-refractivity contribution in [3.63, 3.8) is 0 Å². The molecular weight excluding hydrogens is 633 g/mol. The van der Waals surface area contributed by atoms with Gasteiger partial charge in [-0.3, -0.25) is 4.79 Å². The summed E-state index contributed by atoms with van der Waals surface area (Å²) in [5.41, 5.74) is 2.55. The zero-order valence-corrected chi connectivity index (χ0v) is 26.5. The Hall–Kier alpha value is -5.13. The lowest BCUT2D eigenvalue weighted by Gasteiger charge is -2.22. The Morgan fingerprint density at radius 3 is 2.37 bits per heavy atom. The number of halogens is 2. The van der Waals surface area contributed by atoms with Gasteiger partial charge < -0.3 is 18.6 Å². The Kier molecular flexibility index (Phi) is 8.28. The number of hydrogen-bond acceptors (Lipinski definition) is 7. The maximum atomic E-state index is 14.1. The van der Waals surface area contributed by atoms with E-state index in [4.69, 9.17) is 25.6 Å². The molecule has 0 aliphatic rings. The van der Waals surface area contributed by atoms with Crippen LogP contribution in [0.15, 0.2) is 112 Å². The summed E-state index contributed by atoms with van der Waals surface area (Å²) in [4.78, 5) is 13.3. The van der Waals surface area contributed by atoms with Crippen LogP contribution in [0.1, 0.15) is 5.56 Å². The van der Waals surface area contributed by atoms with Crippen LogP contribution in [-0.2, 0) is 23.6 Å². The van der Waals surface area contributed by atoms with E-state index in [0.717, 1.165) is 4.31 Å². The highest BCUT2D eigenvalue weighted by Gasteiger charge is 2.28. The minimum atomic E-state index is -4.24. The SMILES string of the molecule is COc1ccc(CN(c2ccon2)S(=O)(=O)c2ccc3c(-c4cc(Cl)c(-c5cccc(F)c5)cc4OC)cn(C)c(=O)c3c2)cc1. The standard InChI is InChI=1S/C34H27ClFN3O6S/c1-38-20-30(28-17-31(35)27(18-32(28)44-3)22-5-4-6-23(36)15-22)26-12-11-25(16-29(26)34(38)40)46(41,42)39(33-13-14-45-37-33)19-21-7-9-24(43-2)10-8-21/h4-18,20H,19H2,1-3H3. The number of pyridine rings is 1. The molecule has 0 unspecified atom stereocenters. The Morgan fingerprint density at radius 1 is 0.913 bits per heavy atom. The first-order valence-corrected chi connectivity index (χ1v) is 15.8. The summed E-state index contributed by atoms with van der Waals surface area (Å²) in [5, 5.41) is 4.87. The molecule has 0 aliphatic heterocycles. The van der Waals surface area contributed by atoms with Crippen LogP contribution in [0.2, 0.25) is 5.02 Å². The van der Waals surface area contributed by atoms with Crippen molar-refractivity contribution >= 4 is 38.2 Å². The van der Waals surface area contributed by atoms with Gasteiger partial charge in [-0.15, -0.1) is 0 Å². The zero-order valence-electron chi connectivity index (χ0n) is 24.9. The molecular formula is C34H27ClFN3O6S. The van der Waals surface area contributed by atoms with Crippen molar-refractivity contribution in [2.45, 2.75) is 11.4 Å². The second-order valence-corrected chi connectivity index (χ2v) is 12.7. The molecule has 6 rings (SSSR count). The van der Waals surface area contributed by atoms with Crippen molar-refractivity contribution in [3.05, 3.63) is 124 Å². The Balaban J connectivity index is 1.47. The van der Waals surface area contributed by atoms with Gasteiger partial charge in [0.05, 0.1) is 25.7 Å². The van der Waals surface area contributed by atoms with Crippen LogP contribution in [0.25, 0.3) is 33.0 Å². The molecule has 0 bridgehead atoms. The van der Waals surface area contributed by atoms with Crippen LogP contribution in [0.4, 0.5) is 10.2 Å². The van der Waals surface area contributed by atoms with Gasteiger partial charge in [-0.25, -0.2) is 17.1 Å². The molecule has 234 valence electrons. The number of ether oxygens (including phenoxy) is 2. The summed E-state index contributed by atoms with van der Waals surface area (Å²) in [5.74, 6) is 0.729. The number of aromatic nitrogens is 2. The second kappa shape index (κ2) is 12.3. The average Bonchev–Trinajstić information content (AvgIpc) is 3.60. The van der Waals surface area contributed by atoms with Crippen molar-refractivity contribution in [1.82, 2.24) is 9.72 Å². The molecule has 0 atom stereocenters. The molecule has 0 saturated carbocycles. The van der Waals surface area contributed by atoms with Crippen LogP contribution in [-0.4, -0.2) is 32.4 Å². The average molecular weight is 660 g/mol. The molecule has 12 heteroatoms. The number of sulfonamides is 1. The molecule has 46 heavy (non-hydrogen) atoms. The minimum Gasteiger partial charge on any atom is -0.497 e. The smallest absolute Gasteiger partial charge is 0.265 e. The molecule has 0 N–H and O–H groups in total. The molecule has 0 aliphatic carbocycles. The van der Waals surface area contributed by atoms with Crippen LogP contribution < -0.4 is 19.3 Å². The molecule has 0 fully saturated rings. The largest absolute Gasteiger partial charge is 0.497 e. The van der Waals surface area contributed by atoms with Gasteiger partial charge in [-0.1, -0.05) is 47.1 Å². The van der Waals surface area contributed by atoms with Gasteiger partial charge in [-0.05, 0) is 65.0 Å². The van der Waals surface area contributed by atoms with Crippen molar-refractivity contribution in [2.75, 3.05) is 18.5 Å². The lowest BCUT2D eigenvalue weighted by molar-refractivity contribution is 0.414. The fraction of sp³-hybridized carbons (Fsp3) is 0.118. The van der Waals surface area contributed by atoms with Crippen molar-refractivity contribution in [2.24, 2.45) is 7.05 Å². The Labute approximate surface area is 269 Å². The lowest BCUT2D eigenvalue weighted by atomic mass is 9.96. The number of hydrogen-bond donors (Lipinski definition) is 0. The van der Waals surface area contributed by atoms with E-state index in [1.807, 2.05) is 0 Å². The zero-order chi connectivity index (χ0) is 32.6. The first-order chi connectivity index (χ1) is 22.1. The number of rotatable bonds is 9. The van der Waals surface area contributed by atoms with Crippen LogP contribution in [0, 0.1) is 5.82 Å². The third-order valence-electron chi connectivity index (χ3n) is 7.62. The van der Waals surface area contributed by atoms with Crippen LogP contribution >= 0.6 is 11.6 Å². The van der Waals surface area contributed by atoms with Crippen LogP contribution in [0.5, 0.6) is 11.5 Å². The van der Waals surface area contributed by atoms with E-state index in [2.05, 4.69) is 5.16 Å². The molecule has 6 aromatic rings. The first-order valence-electron chi connectivity index (χ1n) is 13.9. The van der Waals surface area contributed by atoms with Gasteiger partial charge in [0.1, 0.15) is 23.6 Å². The summed E-state index contributed by atoms with van der Waals surface area (Å²) in [6.07, 6.45) is 2.92. The van der Waals surface area contributed by atoms with E-state index in [-0.39, 0.29) is 22.6 Å². The molecule has 2 heterocycles. The maximum absolute atomic E-state index is 14.1. The number of aryl methyl sites for hydroxylation is 1. The van der Waals surface area contributed by atoms with E-state index in [1.165, 1.54) is 48.3 Å². The lowest BCUT2D eigenvalue weighted by Crippen LogP contribution is -2.31. The molecule has 4 aromatic carbocycles. The first kappa shape index (κ1) is 30.9. The molecule has 0 spiro atoms. The summed E-state index contributed by atoms with van der Waals surface area (Å²) in [6, 6.07) is 22.2. The molecule has 9 nitrogen and oxygen atoms in total. The highest BCUT2D eigenvalue weighted by Crippen LogP contribution is 2.41. The third kappa shape index (κ3) is 5.70.